The van der Waals surface area contributed by atoms with Gasteiger partial charge in [0, 0.05) is 31.1 Å². The summed E-state index contributed by atoms with van der Waals surface area (Å²) in [5.41, 5.74) is -0.0996. The molecule has 3 saturated carbocycles. The van der Waals surface area contributed by atoms with Crippen molar-refractivity contribution in [3.8, 4) is 0 Å². The second kappa shape index (κ2) is 9.60. The quantitative estimate of drug-likeness (QED) is 0.362. The van der Waals surface area contributed by atoms with Crippen molar-refractivity contribution in [2.45, 2.75) is 123 Å². The summed E-state index contributed by atoms with van der Waals surface area (Å²) in [6, 6.07) is 0. The Morgan fingerprint density at radius 2 is 1.84 bits per heavy atom. The Labute approximate surface area is 223 Å². The number of hydrogen-bond acceptors (Lipinski definition) is 6. The Morgan fingerprint density at radius 3 is 2.49 bits per heavy atom. The molecule has 1 aliphatic heterocycles. The number of rotatable bonds is 6. The SMILES string of the molecule is CC(=O)O[C@H]1CC[C@@]2(C)C(=CC[C@@H]3[C@@H]2CC[C@@]2(C)[C@H]3C[C@@H](O)[C@]2(O)[C@H](C)C2(CCC(C)C)OCCO2)C1. The van der Waals surface area contributed by atoms with Gasteiger partial charge in [0.05, 0.1) is 19.3 Å². The molecule has 5 aliphatic rings. The highest BCUT2D eigenvalue weighted by Gasteiger charge is 2.71. The third-order valence-corrected chi connectivity index (χ3v) is 11.8. The lowest BCUT2D eigenvalue weighted by atomic mass is 9.46. The third kappa shape index (κ3) is 4.15. The smallest absolute Gasteiger partial charge is 0.302 e. The van der Waals surface area contributed by atoms with Crippen LogP contribution in [0.1, 0.15) is 99.3 Å². The van der Waals surface area contributed by atoms with E-state index in [-0.39, 0.29) is 29.3 Å². The van der Waals surface area contributed by atoms with E-state index < -0.39 is 22.9 Å². The highest BCUT2D eigenvalue weighted by molar-refractivity contribution is 5.66. The Balaban J connectivity index is 1.42. The van der Waals surface area contributed by atoms with Crippen molar-refractivity contribution >= 4 is 5.97 Å². The van der Waals surface area contributed by atoms with Gasteiger partial charge in [0.1, 0.15) is 11.7 Å². The molecule has 4 fully saturated rings. The maximum Gasteiger partial charge on any atom is 0.302 e. The van der Waals surface area contributed by atoms with Crippen LogP contribution >= 0.6 is 0 Å². The molecule has 0 amide bonds. The number of fused-ring (bicyclic) bond motifs is 5. The van der Waals surface area contributed by atoms with Gasteiger partial charge < -0.3 is 24.4 Å². The lowest BCUT2D eigenvalue weighted by Gasteiger charge is -2.60. The van der Waals surface area contributed by atoms with Crippen LogP contribution in [0.25, 0.3) is 0 Å². The van der Waals surface area contributed by atoms with Crippen LogP contribution < -0.4 is 0 Å². The molecule has 0 aromatic heterocycles. The average Bonchev–Trinajstić information content (AvgIpc) is 3.40. The molecule has 210 valence electrons. The van der Waals surface area contributed by atoms with Crippen molar-refractivity contribution in [3.63, 3.8) is 0 Å². The van der Waals surface area contributed by atoms with Crippen molar-refractivity contribution in [2.24, 2.45) is 40.4 Å². The maximum atomic E-state index is 12.6. The van der Waals surface area contributed by atoms with Crippen LogP contribution in [0.4, 0.5) is 0 Å². The second-order valence-electron chi connectivity index (χ2n) is 13.9. The van der Waals surface area contributed by atoms with Crippen LogP contribution in [0.3, 0.4) is 0 Å². The first-order valence-electron chi connectivity index (χ1n) is 14.9. The van der Waals surface area contributed by atoms with E-state index in [9.17, 15) is 15.0 Å². The standard InChI is InChI=1S/C31H50O6/c1-19(2)9-14-30(35-15-16-36-30)20(3)31(34)27(33)18-26-24-8-7-22-17-23(37-21(4)32)10-12-28(22,5)25(24)11-13-29(26,31)6/h7,19-20,23-27,33-34H,8-18H2,1-6H3/t20-,23+,24-,25+,26+,27-,28+,29+,31-/m1/s1. The second-order valence-corrected chi connectivity index (χ2v) is 13.9. The van der Waals surface area contributed by atoms with Gasteiger partial charge in [-0.15, -0.1) is 0 Å². The fourth-order valence-corrected chi connectivity index (χ4v) is 9.71. The zero-order valence-electron chi connectivity index (χ0n) is 23.9. The van der Waals surface area contributed by atoms with E-state index in [0.717, 1.165) is 51.4 Å². The van der Waals surface area contributed by atoms with Gasteiger partial charge >= 0.3 is 5.97 Å². The van der Waals surface area contributed by atoms with Crippen molar-refractivity contribution in [3.05, 3.63) is 11.6 Å². The molecular formula is C31H50O6. The largest absolute Gasteiger partial charge is 0.462 e. The zero-order chi connectivity index (χ0) is 26.8. The van der Waals surface area contributed by atoms with Crippen LogP contribution in [0.5, 0.6) is 0 Å². The molecule has 0 aromatic carbocycles. The molecule has 0 spiro atoms. The summed E-state index contributed by atoms with van der Waals surface area (Å²) in [6.45, 7) is 13.7. The minimum absolute atomic E-state index is 0.00471. The summed E-state index contributed by atoms with van der Waals surface area (Å²) in [6.07, 6.45) is 9.66. The summed E-state index contributed by atoms with van der Waals surface area (Å²) >= 11 is 0. The monoisotopic (exact) mass is 518 g/mol. The number of carbonyl (C=O) groups is 1. The zero-order valence-corrected chi connectivity index (χ0v) is 23.9. The number of carbonyl (C=O) groups excluding carboxylic acids is 1. The number of allylic oxidation sites excluding steroid dienone is 1. The number of aliphatic hydroxyl groups is 2. The predicted octanol–water partition coefficient (Wildman–Crippen LogP) is 5.40. The van der Waals surface area contributed by atoms with Gasteiger partial charge in [-0.25, -0.2) is 0 Å². The molecule has 5 rings (SSSR count). The fraction of sp³-hybridized carbons (Fsp3) is 0.903. The van der Waals surface area contributed by atoms with Gasteiger partial charge in [-0.2, -0.15) is 0 Å². The minimum atomic E-state index is -1.26. The first kappa shape index (κ1) is 27.6. The molecule has 0 unspecified atom stereocenters. The van der Waals surface area contributed by atoms with Crippen LogP contribution in [0.15, 0.2) is 11.6 Å². The van der Waals surface area contributed by atoms with Crippen molar-refractivity contribution < 1.29 is 29.2 Å². The summed E-state index contributed by atoms with van der Waals surface area (Å²) in [5, 5.41) is 24.3. The van der Waals surface area contributed by atoms with E-state index in [1.807, 2.05) is 0 Å². The molecule has 37 heavy (non-hydrogen) atoms. The summed E-state index contributed by atoms with van der Waals surface area (Å²) < 4.78 is 18.2. The first-order valence-corrected chi connectivity index (χ1v) is 14.9. The average molecular weight is 519 g/mol. The topological polar surface area (TPSA) is 85.2 Å². The molecule has 1 heterocycles. The van der Waals surface area contributed by atoms with Crippen molar-refractivity contribution in [2.75, 3.05) is 13.2 Å². The minimum Gasteiger partial charge on any atom is -0.462 e. The lowest BCUT2D eigenvalue weighted by molar-refractivity contribution is -0.279. The molecule has 6 heteroatoms. The molecule has 2 N–H and O–H groups in total. The number of aliphatic hydroxyl groups excluding tert-OH is 1. The van der Waals surface area contributed by atoms with Gasteiger partial charge in [0.15, 0.2) is 5.79 Å². The summed E-state index contributed by atoms with van der Waals surface area (Å²) in [7, 11) is 0. The lowest BCUT2D eigenvalue weighted by Crippen LogP contribution is -2.64. The van der Waals surface area contributed by atoms with Gasteiger partial charge in [-0.3, -0.25) is 4.79 Å². The van der Waals surface area contributed by atoms with Crippen LogP contribution in [-0.2, 0) is 19.0 Å². The Kier molecular flexibility index (Phi) is 7.17. The predicted molar refractivity (Wildman–Crippen MR) is 141 cm³/mol. The normalized spacial score (nSPS) is 45.5. The van der Waals surface area contributed by atoms with E-state index in [4.69, 9.17) is 14.2 Å². The molecule has 9 atom stereocenters. The van der Waals surface area contributed by atoms with E-state index in [1.54, 1.807) is 0 Å². The molecule has 0 radical (unpaired) electrons. The highest BCUT2D eigenvalue weighted by atomic mass is 16.7. The van der Waals surface area contributed by atoms with E-state index in [0.29, 0.717) is 37.4 Å². The van der Waals surface area contributed by atoms with Gasteiger partial charge in [0.25, 0.3) is 0 Å². The number of esters is 1. The van der Waals surface area contributed by atoms with Crippen molar-refractivity contribution in [1.82, 2.24) is 0 Å². The molecule has 0 bridgehead atoms. The first-order chi connectivity index (χ1) is 17.4. The fourth-order valence-electron chi connectivity index (χ4n) is 9.71. The number of hydrogen-bond donors (Lipinski definition) is 2. The Bertz CT molecular complexity index is 907. The van der Waals surface area contributed by atoms with E-state index in [1.165, 1.54) is 12.5 Å². The van der Waals surface area contributed by atoms with Gasteiger partial charge in [0.2, 0.25) is 0 Å². The molecular weight excluding hydrogens is 468 g/mol. The maximum absolute atomic E-state index is 12.6. The Hall–Kier alpha value is -0.950. The summed E-state index contributed by atoms with van der Waals surface area (Å²) in [4.78, 5) is 11.6. The highest BCUT2D eigenvalue weighted by Crippen LogP contribution is 2.69. The van der Waals surface area contributed by atoms with Gasteiger partial charge in [-0.05, 0) is 74.0 Å². The summed E-state index contributed by atoms with van der Waals surface area (Å²) in [5.74, 6) is 0.374. The van der Waals surface area contributed by atoms with Crippen LogP contribution in [0, 0.1) is 40.4 Å². The molecule has 1 saturated heterocycles. The van der Waals surface area contributed by atoms with Crippen molar-refractivity contribution in [1.29, 1.82) is 0 Å². The Morgan fingerprint density at radius 1 is 1.14 bits per heavy atom. The van der Waals surface area contributed by atoms with E-state index >= 15 is 0 Å². The molecule has 4 aliphatic carbocycles. The van der Waals surface area contributed by atoms with Crippen LogP contribution in [0.2, 0.25) is 0 Å². The third-order valence-electron chi connectivity index (χ3n) is 11.8. The van der Waals surface area contributed by atoms with Gasteiger partial charge in [-0.1, -0.05) is 46.3 Å². The van der Waals surface area contributed by atoms with Crippen LogP contribution in [-0.4, -0.2) is 53.0 Å². The molecule has 6 nitrogen and oxygen atoms in total. The molecule has 0 aromatic rings. The van der Waals surface area contributed by atoms with E-state index in [2.05, 4.69) is 40.7 Å². The number of ether oxygens (including phenoxy) is 3.